The molecule has 0 spiro atoms. The van der Waals surface area contributed by atoms with Crippen LogP contribution < -0.4 is 5.32 Å². The van der Waals surface area contributed by atoms with Crippen LogP contribution in [-0.4, -0.2) is 6.54 Å². The molecule has 0 aromatic heterocycles. The fourth-order valence-electron chi connectivity index (χ4n) is 1.91. The topological polar surface area (TPSA) is 12.0 Å². The standard InChI is InChI=1S/C17H19ClFNS/c1-2-9-20-11-13-3-6-15(7-4-13)21-12-14-5-8-16(18)17(19)10-14/h3-8,10,20H,2,9,11-12H2,1H3. The lowest BCUT2D eigenvalue weighted by Crippen LogP contribution is -2.13. The molecule has 0 radical (unpaired) electrons. The van der Waals surface area contributed by atoms with E-state index in [1.54, 1.807) is 17.8 Å². The lowest BCUT2D eigenvalue weighted by atomic mass is 10.2. The van der Waals surface area contributed by atoms with E-state index >= 15 is 0 Å². The molecule has 0 aliphatic carbocycles. The Labute approximate surface area is 134 Å². The van der Waals surface area contributed by atoms with E-state index in [0.717, 1.165) is 30.8 Å². The summed E-state index contributed by atoms with van der Waals surface area (Å²) in [5, 5.41) is 3.55. The highest BCUT2D eigenvalue weighted by molar-refractivity contribution is 7.98. The summed E-state index contributed by atoms with van der Waals surface area (Å²) in [5.74, 6) is 0.383. The number of hydrogen-bond donors (Lipinski definition) is 1. The maximum atomic E-state index is 13.4. The fourth-order valence-corrected chi connectivity index (χ4v) is 2.87. The van der Waals surface area contributed by atoms with Gasteiger partial charge in [0.25, 0.3) is 0 Å². The van der Waals surface area contributed by atoms with E-state index in [0.29, 0.717) is 0 Å². The van der Waals surface area contributed by atoms with Crippen molar-refractivity contribution in [3.63, 3.8) is 0 Å². The summed E-state index contributed by atoms with van der Waals surface area (Å²) in [4.78, 5) is 1.18. The molecule has 0 aliphatic heterocycles. The summed E-state index contributed by atoms with van der Waals surface area (Å²) in [5.41, 5.74) is 2.22. The van der Waals surface area contributed by atoms with Crippen LogP contribution in [0.2, 0.25) is 5.02 Å². The highest BCUT2D eigenvalue weighted by atomic mass is 35.5. The Morgan fingerprint density at radius 2 is 1.81 bits per heavy atom. The summed E-state index contributed by atoms with van der Waals surface area (Å²) in [6.07, 6.45) is 1.14. The predicted molar refractivity (Wildman–Crippen MR) is 89.4 cm³/mol. The molecule has 1 nitrogen and oxygen atoms in total. The molecule has 0 saturated heterocycles. The summed E-state index contributed by atoms with van der Waals surface area (Å²) in [7, 11) is 0. The van der Waals surface area contributed by atoms with E-state index in [1.807, 2.05) is 6.07 Å². The van der Waals surface area contributed by atoms with E-state index in [2.05, 4.69) is 36.5 Å². The van der Waals surface area contributed by atoms with Crippen molar-refractivity contribution in [3.05, 3.63) is 64.4 Å². The average molecular weight is 324 g/mol. The van der Waals surface area contributed by atoms with E-state index in [9.17, 15) is 4.39 Å². The van der Waals surface area contributed by atoms with Gasteiger partial charge in [-0.2, -0.15) is 0 Å². The van der Waals surface area contributed by atoms with Crippen LogP contribution in [0.5, 0.6) is 0 Å². The van der Waals surface area contributed by atoms with Gasteiger partial charge in [0.1, 0.15) is 5.82 Å². The van der Waals surface area contributed by atoms with Crippen molar-refractivity contribution in [1.29, 1.82) is 0 Å². The molecule has 21 heavy (non-hydrogen) atoms. The lowest BCUT2D eigenvalue weighted by Gasteiger charge is -2.06. The molecule has 4 heteroatoms. The second kappa shape index (κ2) is 8.42. The smallest absolute Gasteiger partial charge is 0.142 e. The molecule has 0 bridgehead atoms. The van der Waals surface area contributed by atoms with Crippen LogP contribution in [0.15, 0.2) is 47.4 Å². The third-order valence-electron chi connectivity index (χ3n) is 3.07. The van der Waals surface area contributed by atoms with Crippen molar-refractivity contribution in [2.45, 2.75) is 30.5 Å². The number of benzene rings is 2. The molecule has 2 aromatic carbocycles. The van der Waals surface area contributed by atoms with Crippen molar-refractivity contribution in [2.24, 2.45) is 0 Å². The van der Waals surface area contributed by atoms with Crippen molar-refractivity contribution < 1.29 is 4.39 Å². The first-order valence-electron chi connectivity index (χ1n) is 7.05. The zero-order valence-corrected chi connectivity index (χ0v) is 13.6. The van der Waals surface area contributed by atoms with Crippen molar-refractivity contribution in [1.82, 2.24) is 5.32 Å². The Balaban J connectivity index is 1.86. The first kappa shape index (κ1) is 16.3. The lowest BCUT2D eigenvalue weighted by molar-refractivity contribution is 0.627. The predicted octanol–water partition coefficient (Wildman–Crippen LogP) is 5.27. The van der Waals surface area contributed by atoms with Crippen LogP contribution in [0.3, 0.4) is 0 Å². The van der Waals surface area contributed by atoms with Gasteiger partial charge in [-0.05, 0) is 48.4 Å². The van der Waals surface area contributed by atoms with Crippen molar-refractivity contribution >= 4 is 23.4 Å². The number of rotatable bonds is 7. The van der Waals surface area contributed by atoms with Gasteiger partial charge in [-0.1, -0.05) is 36.7 Å². The van der Waals surface area contributed by atoms with Gasteiger partial charge in [-0.3, -0.25) is 0 Å². The molecule has 0 saturated carbocycles. The van der Waals surface area contributed by atoms with Gasteiger partial charge in [-0.15, -0.1) is 11.8 Å². The Morgan fingerprint density at radius 3 is 2.48 bits per heavy atom. The fraction of sp³-hybridized carbons (Fsp3) is 0.294. The van der Waals surface area contributed by atoms with E-state index < -0.39 is 0 Å². The Kier molecular flexibility index (Phi) is 6.55. The SMILES string of the molecule is CCCNCc1ccc(SCc2ccc(Cl)c(F)c2)cc1. The molecule has 0 aliphatic rings. The number of nitrogens with one attached hydrogen (secondary N) is 1. The van der Waals surface area contributed by atoms with Gasteiger partial charge < -0.3 is 5.32 Å². The monoisotopic (exact) mass is 323 g/mol. The van der Waals surface area contributed by atoms with Gasteiger partial charge in [0.2, 0.25) is 0 Å². The average Bonchev–Trinajstić information content (AvgIpc) is 2.50. The Morgan fingerprint density at radius 1 is 1.10 bits per heavy atom. The zero-order chi connectivity index (χ0) is 15.1. The van der Waals surface area contributed by atoms with Gasteiger partial charge in [-0.25, -0.2) is 4.39 Å². The third-order valence-corrected chi connectivity index (χ3v) is 4.46. The first-order valence-corrected chi connectivity index (χ1v) is 8.42. The highest BCUT2D eigenvalue weighted by Crippen LogP contribution is 2.25. The second-order valence-corrected chi connectivity index (χ2v) is 6.31. The molecular formula is C17H19ClFNS. The quantitative estimate of drug-likeness (QED) is 0.550. The van der Waals surface area contributed by atoms with Crippen LogP contribution in [0, 0.1) is 5.82 Å². The molecule has 2 aromatic rings. The summed E-state index contributed by atoms with van der Waals surface area (Å²) >= 11 is 7.37. The Hall–Kier alpha value is -1.03. The number of thioether (sulfide) groups is 1. The molecule has 0 unspecified atom stereocenters. The van der Waals surface area contributed by atoms with Gasteiger partial charge in [0, 0.05) is 17.2 Å². The molecule has 0 atom stereocenters. The molecule has 112 valence electrons. The minimum Gasteiger partial charge on any atom is -0.313 e. The highest BCUT2D eigenvalue weighted by Gasteiger charge is 2.02. The van der Waals surface area contributed by atoms with Crippen molar-refractivity contribution in [3.8, 4) is 0 Å². The van der Waals surface area contributed by atoms with Crippen LogP contribution >= 0.6 is 23.4 Å². The maximum Gasteiger partial charge on any atom is 0.142 e. The molecule has 2 rings (SSSR count). The summed E-state index contributed by atoms with van der Waals surface area (Å²) < 4.78 is 13.4. The van der Waals surface area contributed by atoms with Crippen molar-refractivity contribution in [2.75, 3.05) is 6.54 Å². The Bertz CT molecular complexity index is 572. The summed E-state index contributed by atoms with van der Waals surface area (Å²) in [6.45, 7) is 4.10. The molecule has 1 N–H and O–H groups in total. The van der Waals surface area contributed by atoms with E-state index in [-0.39, 0.29) is 10.8 Å². The molecule has 0 heterocycles. The minimum absolute atomic E-state index is 0.174. The van der Waals surface area contributed by atoms with Gasteiger partial charge in [0.15, 0.2) is 0 Å². The maximum absolute atomic E-state index is 13.4. The minimum atomic E-state index is -0.355. The van der Waals surface area contributed by atoms with E-state index in [1.165, 1.54) is 16.5 Å². The van der Waals surface area contributed by atoms with E-state index in [4.69, 9.17) is 11.6 Å². The largest absolute Gasteiger partial charge is 0.313 e. The van der Waals surface area contributed by atoms with Gasteiger partial charge in [0.05, 0.1) is 5.02 Å². The second-order valence-electron chi connectivity index (χ2n) is 4.86. The molecule has 0 amide bonds. The molecular weight excluding hydrogens is 305 g/mol. The van der Waals surface area contributed by atoms with Crippen LogP contribution in [0.4, 0.5) is 4.39 Å². The zero-order valence-electron chi connectivity index (χ0n) is 12.0. The number of halogens is 2. The molecule has 0 fully saturated rings. The normalized spacial score (nSPS) is 10.8. The van der Waals surface area contributed by atoms with Gasteiger partial charge >= 0.3 is 0 Å². The summed E-state index contributed by atoms with van der Waals surface area (Å²) in [6, 6.07) is 13.5. The number of hydrogen-bond acceptors (Lipinski definition) is 2. The van der Waals surface area contributed by atoms with Crippen LogP contribution in [-0.2, 0) is 12.3 Å². The van der Waals surface area contributed by atoms with Crippen LogP contribution in [0.25, 0.3) is 0 Å². The van der Waals surface area contributed by atoms with Crippen LogP contribution in [0.1, 0.15) is 24.5 Å². The third kappa shape index (κ3) is 5.34. The first-order chi connectivity index (χ1) is 10.2.